The second-order valence-corrected chi connectivity index (χ2v) is 5.88. The van der Waals surface area contributed by atoms with Crippen molar-refractivity contribution in [1.82, 2.24) is 0 Å². The van der Waals surface area contributed by atoms with Crippen LogP contribution in [0.25, 0.3) is 0 Å². The summed E-state index contributed by atoms with van der Waals surface area (Å²) >= 11 is 0. The van der Waals surface area contributed by atoms with E-state index in [9.17, 15) is 0 Å². The van der Waals surface area contributed by atoms with Gasteiger partial charge in [-0.15, -0.1) is 0 Å². The van der Waals surface area contributed by atoms with Crippen LogP contribution in [0.5, 0.6) is 0 Å². The predicted molar refractivity (Wildman–Crippen MR) is 84.5 cm³/mol. The third-order valence-electron chi connectivity index (χ3n) is 4.05. The average Bonchev–Trinajstić information content (AvgIpc) is 2.73. The molecule has 1 fully saturated rings. The van der Waals surface area contributed by atoms with Gasteiger partial charge in [0.2, 0.25) is 0 Å². The van der Waals surface area contributed by atoms with Gasteiger partial charge in [-0.2, -0.15) is 0 Å². The van der Waals surface area contributed by atoms with E-state index < -0.39 is 0 Å². The zero-order valence-corrected chi connectivity index (χ0v) is 13.9. The molecule has 21 heavy (non-hydrogen) atoms. The molecule has 0 N–H and O–H groups in total. The van der Waals surface area contributed by atoms with E-state index in [1.807, 2.05) is 6.92 Å². The summed E-state index contributed by atoms with van der Waals surface area (Å²) in [6.07, 6.45) is 7.45. The number of rotatable bonds is 12. The molecule has 1 aliphatic rings. The Hall–Kier alpha value is -0.0951. The fourth-order valence-corrected chi connectivity index (χ4v) is 2.66. The summed E-state index contributed by atoms with van der Waals surface area (Å²) in [7, 11) is 7.56. The molecule has 0 amide bonds. The third kappa shape index (κ3) is 7.14. The first kappa shape index (κ1) is 19.0. The number of methoxy groups -OCH3 is 1. The van der Waals surface area contributed by atoms with Gasteiger partial charge in [-0.25, -0.2) is 0 Å². The molecule has 0 aromatic carbocycles. The molecule has 0 aliphatic carbocycles. The third-order valence-corrected chi connectivity index (χ3v) is 4.05. The maximum Gasteiger partial charge on any atom is 0.147 e. The van der Waals surface area contributed by atoms with E-state index in [-0.39, 0.29) is 24.1 Å². The van der Waals surface area contributed by atoms with Crippen molar-refractivity contribution in [3.8, 4) is 0 Å². The van der Waals surface area contributed by atoms with Gasteiger partial charge >= 0.3 is 0 Å². The van der Waals surface area contributed by atoms with Crippen LogP contribution in [0, 0.1) is 5.92 Å². The molecule has 5 heteroatoms. The second kappa shape index (κ2) is 11.5. The molecule has 0 aromatic heterocycles. The molecule has 1 heterocycles. The maximum absolute atomic E-state index is 5.90. The molecule has 1 aliphatic heterocycles. The van der Waals surface area contributed by atoms with Crippen LogP contribution < -0.4 is 0 Å². The summed E-state index contributed by atoms with van der Waals surface area (Å²) in [5, 5.41) is 0. The van der Waals surface area contributed by atoms with E-state index in [4.69, 9.17) is 26.8 Å². The van der Waals surface area contributed by atoms with Crippen molar-refractivity contribution in [2.75, 3.05) is 27.1 Å². The smallest absolute Gasteiger partial charge is 0.147 e. The first-order valence-electron chi connectivity index (χ1n) is 8.30. The van der Waals surface area contributed by atoms with Crippen molar-refractivity contribution in [3.63, 3.8) is 0 Å². The molecule has 2 radical (unpaired) electrons. The molecule has 0 bridgehead atoms. The SMILES string of the molecule is [B][C@@H]1O[C@H](COC)[C@H](OCOCCCCCCCC)C1C. The van der Waals surface area contributed by atoms with Crippen molar-refractivity contribution in [3.05, 3.63) is 0 Å². The van der Waals surface area contributed by atoms with Crippen LogP contribution in [0.15, 0.2) is 0 Å². The van der Waals surface area contributed by atoms with Gasteiger partial charge in [-0.05, 0) is 6.42 Å². The fourth-order valence-electron chi connectivity index (χ4n) is 2.66. The van der Waals surface area contributed by atoms with Gasteiger partial charge in [-0.1, -0.05) is 46.0 Å². The standard InChI is InChI=1S/C16H31BO4/c1-4-5-6-7-8-9-10-19-12-20-15-13(2)16(17)21-14(15)11-18-3/h13-16H,4-12H2,1-3H3/t13?,14-,15-,16-/m1/s1. The molecular weight excluding hydrogens is 267 g/mol. The lowest BCUT2D eigenvalue weighted by Crippen LogP contribution is -2.33. The minimum Gasteiger partial charge on any atom is -0.382 e. The summed E-state index contributed by atoms with van der Waals surface area (Å²) in [6, 6.07) is -0.284. The van der Waals surface area contributed by atoms with Crippen molar-refractivity contribution >= 4 is 7.85 Å². The Bertz CT molecular complexity index is 252. The predicted octanol–water partition coefficient (Wildman–Crippen LogP) is 2.88. The van der Waals surface area contributed by atoms with Crippen LogP contribution in [0.3, 0.4) is 0 Å². The lowest BCUT2D eigenvalue weighted by molar-refractivity contribution is -0.123. The van der Waals surface area contributed by atoms with Crippen LogP contribution in [-0.4, -0.2) is 53.2 Å². The lowest BCUT2D eigenvalue weighted by atomic mass is 9.86. The van der Waals surface area contributed by atoms with Crippen molar-refractivity contribution in [1.29, 1.82) is 0 Å². The van der Waals surface area contributed by atoms with Crippen molar-refractivity contribution in [2.45, 2.75) is 70.6 Å². The minimum atomic E-state index is -0.284. The Kier molecular flexibility index (Phi) is 10.4. The van der Waals surface area contributed by atoms with Gasteiger partial charge in [0.25, 0.3) is 0 Å². The molecular formula is C16H31BO4. The first-order chi connectivity index (χ1) is 10.2. The number of ether oxygens (including phenoxy) is 4. The highest BCUT2D eigenvalue weighted by Gasteiger charge is 2.39. The van der Waals surface area contributed by atoms with Gasteiger partial charge < -0.3 is 18.9 Å². The van der Waals surface area contributed by atoms with E-state index in [1.165, 1.54) is 32.1 Å². The highest BCUT2D eigenvalue weighted by Crippen LogP contribution is 2.27. The van der Waals surface area contributed by atoms with E-state index in [2.05, 4.69) is 6.92 Å². The molecule has 1 saturated heterocycles. The monoisotopic (exact) mass is 298 g/mol. The molecule has 122 valence electrons. The Morgan fingerprint density at radius 3 is 2.52 bits per heavy atom. The molecule has 4 atom stereocenters. The molecule has 0 spiro atoms. The summed E-state index contributed by atoms with van der Waals surface area (Å²) in [4.78, 5) is 0. The topological polar surface area (TPSA) is 36.9 Å². The van der Waals surface area contributed by atoms with Gasteiger partial charge in [0, 0.05) is 25.6 Å². The Balaban J connectivity index is 2.05. The molecule has 0 aromatic rings. The fraction of sp³-hybridized carbons (Fsp3) is 1.00. The molecule has 4 nitrogen and oxygen atoms in total. The van der Waals surface area contributed by atoms with Crippen LogP contribution >= 0.6 is 0 Å². The Morgan fingerprint density at radius 1 is 1.10 bits per heavy atom. The Morgan fingerprint density at radius 2 is 1.81 bits per heavy atom. The number of hydrogen-bond donors (Lipinski definition) is 0. The minimum absolute atomic E-state index is 0.0514. The highest BCUT2D eigenvalue weighted by atomic mass is 16.7. The lowest BCUT2D eigenvalue weighted by Gasteiger charge is -2.21. The second-order valence-electron chi connectivity index (χ2n) is 5.88. The maximum atomic E-state index is 5.90. The summed E-state index contributed by atoms with van der Waals surface area (Å²) in [5.41, 5.74) is 0. The van der Waals surface area contributed by atoms with Gasteiger partial charge in [0.05, 0.1) is 12.7 Å². The normalized spacial score (nSPS) is 29.1. The van der Waals surface area contributed by atoms with Gasteiger partial charge in [0.1, 0.15) is 20.7 Å². The summed E-state index contributed by atoms with van der Waals surface area (Å²) < 4.78 is 22.1. The Labute approximate surface area is 131 Å². The van der Waals surface area contributed by atoms with E-state index in [0.29, 0.717) is 13.4 Å². The number of unbranched alkanes of at least 4 members (excludes halogenated alkanes) is 5. The molecule has 1 unspecified atom stereocenters. The van der Waals surface area contributed by atoms with Crippen molar-refractivity contribution in [2.24, 2.45) is 5.92 Å². The van der Waals surface area contributed by atoms with E-state index in [1.54, 1.807) is 7.11 Å². The van der Waals surface area contributed by atoms with Crippen LogP contribution in [-0.2, 0) is 18.9 Å². The van der Waals surface area contributed by atoms with Crippen LogP contribution in [0.1, 0.15) is 52.4 Å². The van der Waals surface area contributed by atoms with E-state index >= 15 is 0 Å². The van der Waals surface area contributed by atoms with Crippen molar-refractivity contribution < 1.29 is 18.9 Å². The zero-order chi connectivity index (χ0) is 15.5. The highest BCUT2D eigenvalue weighted by molar-refractivity contribution is 6.11. The molecule has 1 rings (SSSR count). The number of hydrogen-bond acceptors (Lipinski definition) is 4. The van der Waals surface area contributed by atoms with E-state index in [0.717, 1.165) is 13.0 Å². The average molecular weight is 298 g/mol. The van der Waals surface area contributed by atoms with Crippen LogP contribution in [0.4, 0.5) is 0 Å². The first-order valence-corrected chi connectivity index (χ1v) is 8.30. The summed E-state index contributed by atoms with van der Waals surface area (Å²) in [6.45, 7) is 5.84. The largest absolute Gasteiger partial charge is 0.382 e. The van der Waals surface area contributed by atoms with Gasteiger partial charge in [-0.3, -0.25) is 0 Å². The zero-order valence-electron chi connectivity index (χ0n) is 13.9. The van der Waals surface area contributed by atoms with Crippen LogP contribution in [0.2, 0.25) is 0 Å². The summed E-state index contributed by atoms with van der Waals surface area (Å²) in [5.74, 6) is 0.155. The van der Waals surface area contributed by atoms with Gasteiger partial charge in [0.15, 0.2) is 0 Å². The molecule has 0 saturated carbocycles. The quantitative estimate of drug-likeness (QED) is 0.315.